The van der Waals surface area contributed by atoms with E-state index in [0.717, 1.165) is 11.9 Å². The second kappa shape index (κ2) is 6.22. The number of halogens is 1. The van der Waals surface area contributed by atoms with Gasteiger partial charge in [-0.15, -0.1) is 0 Å². The standard InChI is InChI=1S/C8H11BrN2O5S/c9-1-4-7(10)8(15)11(4)17-3-6(14)16-2-5(12)13/h4,7H,1-3,10H2,(H,12,13)/t4-,7+/m1/s1. The number of carbonyl (C=O) groups is 3. The topological polar surface area (TPSA) is 110 Å². The molecule has 0 bridgehead atoms. The molecule has 0 radical (unpaired) electrons. The van der Waals surface area contributed by atoms with Crippen LogP contribution in [0.3, 0.4) is 0 Å². The molecule has 7 nitrogen and oxygen atoms in total. The summed E-state index contributed by atoms with van der Waals surface area (Å²) in [5.41, 5.74) is 5.54. The molecule has 1 aliphatic heterocycles. The Kier molecular flexibility index (Phi) is 5.22. The Labute approximate surface area is 110 Å². The van der Waals surface area contributed by atoms with E-state index in [1.807, 2.05) is 0 Å². The minimum Gasteiger partial charge on any atom is -0.479 e. The molecule has 0 spiro atoms. The predicted molar refractivity (Wildman–Crippen MR) is 63.5 cm³/mol. The van der Waals surface area contributed by atoms with Crippen molar-refractivity contribution >= 4 is 45.7 Å². The lowest BCUT2D eigenvalue weighted by Gasteiger charge is -2.42. The Hall–Kier alpha value is -0.800. The van der Waals surface area contributed by atoms with Crippen molar-refractivity contribution in [2.45, 2.75) is 12.1 Å². The first-order chi connectivity index (χ1) is 7.97. The van der Waals surface area contributed by atoms with Crippen molar-refractivity contribution in [3.05, 3.63) is 0 Å². The highest BCUT2D eigenvalue weighted by molar-refractivity contribution is 9.09. The molecular weight excluding hydrogens is 316 g/mol. The molecule has 1 aliphatic rings. The van der Waals surface area contributed by atoms with E-state index < -0.39 is 24.6 Å². The third-order valence-electron chi connectivity index (χ3n) is 2.05. The van der Waals surface area contributed by atoms with Crippen LogP contribution in [0.1, 0.15) is 0 Å². The highest BCUT2D eigenvalue weighted by atomic mass is 79.9. The number of rotatable bonds is 6. The van der Waals surface area contributed by atoms with E-state index in [2.05, 4.69) is 20.7 Å². The largest absolute Gasteiger partial charge is 0.479 e. The summed E-state index contributed by atoms with van der Waals surface area (Å²) < 4.78 is 5.80. The molecule has 2 atom stereocenters. The number of nitrogens with zero attached hydrogens (tertiary/aromatic N) is 1. The summed E-state index contributed by atoms with van der Waals surface area (Å²) in [6, 6.07) is -0.698. The third kappa shape index (κ3) is 3.58. The van der Waals surface area contributed by atoms with Crippen molar-refractivity contribution in [1.29, 1.82) is 0 Å². The second-order valence-corrected chi connectivity index (χ2v) is 4.83. The van der Waals surface area contributed by atoms with Crippen molar-refractivity contribution in [3.63, 3.8) is 0 Å². The van der Waals surface area contributed by atoms with Crippen LogP contribution in [-0.4, -0.2) is 57.0 Å². The van der Waals surface area contributed by atoms with Gasteiger partial charge in [-0.3, -0.25) is 13.9 Å². The third-order valence-corrected chi connectivity index (χ3v) is 3.81. The predicted octanol–water partition coefficient (Wildman–Crippen LogP) is -0.805. The second-order valence-electron chi connectivity index (χ2n) is 3.24. The zero-order valence-electron chi connectivity index (χ0n) is 8.67. The van der Waals surface area contributed by atoms with Crippen molar-refractivity contribution in [1.82, 2.24) is 4.31 Å². The Morgan fingerprint density at radius 2 is 2.24 bits per heavy atom. The number of nitrogens with two attached hydrogens (primary N) is 1. The van der Waals surface area contributed by atoms with E-state index in [4.69, 9.17) is 10.8 Å². The van der Waals surface area contributed by atoms with Gasteiger partial charge in [-0.1, -0.05) is 15.9 Å². The minimum atomic E-state index is -1.22. The Morgan fingerprint density at radius 1 is 1.59 bits per heavy atom. The number of hydrogen-bond donors (Lipinski definition) is 2. The molecule has 1 saturated heterocycles. The normalized spacial score (nSPS) is 23.2. The summed E-state index contributed by atoms with van der Waals surface area (Å²) in [5, 5.41) is 8.81. The molecule has 3 N–H and O–H groups in total. The van der Waals surface area contributed by atoms with E-state index in [0.29, 0.717) is 5.33 Å². The molecule has 0 aromatic rings. The van der Waals surface area contributed by atoms with Gasteiger partial charge in [0.25, 0.3) is 5.91 Å². The number of esters is 1. The number of hydrogen-bond acceptors (Lipinski definition) is 6. The number of β-lactam (4-membered cyclic amide) rings is 1. The van der Waals surface area contributed by atoms with Gasteiger partial charge in [0, 0.05) is 5.33 Å². The van der Waals surface area contributed by atoms with Crippen LogP contribution >= 0.6 is 27.9 Å². The van der Waals surface area contributed by atoms with Gasteiger partial charge < -0.3 is 15.6 Å². The van der Waals surface area contributed by atoms with E-state index in [1.54, 1.807) is 0 Å². The quantitative estimate of drug-likeness (QED) is 0.284. The number of ether oxygens (including phenoxy) is 1. The van der Waals surface area contributed by atoms with Gasteiger partial charge in [0.1, 0.15) is 11.8 Å². The van der Waals surface area contributed by atoms with Crippen LogP contribution in [0, 0.1) is 0 Å². The van der Waals surface area contributed by atoms with Gasteiger partial charge in [0.15, 0.2) is 6.61 Å². The molecule has 0 aromatic carbocycles. The van der Waals surface area contributed by atoms with Gasteiger partial charge in [-0.25, -0.2) is 4.79 Å². The molecule has 1 heterocycles. The van der Waals surface area contributed by atoms with E-state index >= 15 is 0 Å². The zero-order chi connectivity index (χ0) is 13.0. The van der Waals surface area contributed by atoms with Crippen LogP contribution < -0.4 is 5.73 Å². The summed E-state index contributed by atoms with van der Waals surface area (Å²) in [7, 11) is 0. The fraction of sp³-hybridized carbons (Fsp3) is 0.625. The van der Waals surface area contributed by atoms with Crippen molar-refractivity contribution in [2.24, 2.45) is 5.73 Å². The number of amides is 1. The molecule has 9 heteroatoms. The Bertz CT molecular complexity index is 340. The molecule has 1 amide bonds. The Balaban J connectivity index is 2.29. The Morgan fingerprint density at radius 3 is 2.76 bits per heavy atom. The molecule has 0 aromatic heterocycles. The average molecular weight is 327 g/mol. The fourth-order valence-corrected chi connectivity index (χ4v) is 3.02. The SMILES string of the molecule is N[C@@H]1C(=O)N(SCC(=O)OCC(=O)O)[C@@H]1CBr. The smallest absolute Gasteiger partial charge is 0.341 e. The van der Waals surface area contributed by atoms with E-state index in [-0.39, 0.29) is 17.7 Å². The lowest BCUT2D eigenvalue weighted by Crippen LogP contribution is -2.66. The van der Waals surface area contributed by atoms with E-state index in [9.17, 15) is 14.4 Å². The van der Waals surface area contributed by atoms with Crippen molar-refractivity contribution in [2.75, 3.05) is 17.7 Å². The van der Waals surface area contributed by atoms with Gasteiger partial charge in [-0.05, 0) is 11.9 Å². The number of carboxylic acids is 1. The highest BCUT2D eigenvalue weighted by Crippen LogP contribution is 2.28. The maximum absolute atomic E-state index is 11.3. The van der Waals surface area contributed by atoms with Gasteiger partial charge in [0.2, 0.25) is 0 Å². The lowest BCUT2D eigenvalue weighted by molar-refractivity contribution is -0.153. The number of aliphatic carboxylic acids is 1. The monoisotopic (exact) mass is 326 g/mol. The summed E-state index contributed by atoms with van der Waals surface area (Å²) >= 11 is 4.18. The molecule has 1 rings (SSSR count). The van der Waals surface area contributed by atoms with Crippen LogP contribution in [-0.2, 0) is 19.1 Å². The average Bonchev–Trinajstić information content (AvgIpc) is 2.30. The van der Waals surface area contributed by atoms with Crippen LogP contribution in [0.2, 0.25) is 0 Å². The molecule has 0 saturated carbocycles. The minimum absolute atomic E-state index is 0.116. The molecule has 17 heavy (non-hydrogen) atoms. The summed E-state index contributed by atoms with van der Waals surface area (Å²) in [6.45, 7) is -0.672. The first-order valence-electron chi connectivity index (χ1n) is 4.62. The van der Waals surface area contributed by atoms with Crippen LogP contribution in [0.4, 0.5) is 0 Å². The number of carbonyl (C=O) groups excluding carboxylic acids is 2. The lowest BCUT2D eigenvalue weighted by atomic mass is 10.0. The van der Waals surface area contributed by atoms with Crippen molar-refractivity contribution in [3.8, 4) is 0 Å². The van der Waals surface area contributed by atoms with Crippen LogP contribution in [0.5, 0.6) is 0 Å². The molecule has 0 aliphatic carbocycles. The van der Waals surface area contributed by atoms with Gasteiger partial charge in [0.05, 0.1) is 6.04 Å². The first-order valence-corrected chi connectivity index (χ1v) is 6.68. The van der Waals surface area contributed by atoms with Crippen molar-refractivity contribution < 1.29 is 24.2 Å². The molecule has 96 valence electrons. The molecular formula is C8H11BrN2O5S. The van der Waals surface area contributed by atoms with Crippen LogP contribution in [0.15, 0.2) is 0 Å². The summed E-state index contributed by atoms with van der Waals surface area (Å²) in [5.74, 6) is -2.26. The zero-order valence-corrected chi connectivity index (χ0v) is 11.1. The summed E-state index contributed by atoms with van der Waals surface area (Å²) in [6.07, 6.45) is 0. The van der Waals surface area contributed by atoms with E-state index in [1.165, 1.54) is 4.31 Å². The van der Waals surface area contributed by atoms with Gasteiger partial charge >= 0.3 is 11.9 Å². The summed E-state index contributed by atoms with van der Waals surface area (Å²) in [4.78, 5) is 32.5. The maximum Gasteiger partial charge on any atom is 0.341 e. The highest BCUT2D eigenvalue weighted by Gasteiger charge is 2.44. The van der Waals surface area contributed by atoms with Crippen LogP contribution in [0.25, 0.3) is 0 Å². The van der Waals surface area contributed by atoms with Gasteiger partial charge in [-0.2, -0.15) is 0 Å². The number of carboxylic acid groups (broad SMARTS) is 1. The first kappa shape index (κ1) is 14.3. The number of alkyl halides is 1. The fourth-order valence-electron chi connectivity index (χ4n) is 1.16. The molecule has 0 unspecified atom stereocenters. The molecule has 1 fully saturated rings. The maximum atomic E-state index is 11.3.